The van der Waals surface area contributed by atoms with Gasteiger partial charge in [0.2, 0.25) is 0 Å². The molecule has 6 heteroatoms. The fourth-order valence-electron chi connectivity index (χ4n) is 2.65. The molecule has 0 aliphatic carbocycles. The van der Waals surface area contributed by atoms with Crippen molar-refractivity contribution in [3.63, 3.8) is 0 Å². The van der Waals surface area contributed by atoms with Gasteiger partial charge in [-0.15, -0.1) is 0 Å². The van der Waals surface area contributed by atoms with Crippen LogP contribution in [-0.2, 0) is 16.4 Å². The van der Waals surface area contributed by atoms with Crippen LogP contribution >= 0.6 is 0 Å². The van der Waals surface area contributed by atoms with Gasteiger partial charge in [-0.25, -0.2) is 18.1 Å². The molecule has 2 heterocycles. The fraction of sp³-hybridized carbons (Fsp3) is 0.750. The number of aryl methyl sites for hydroxylation is 1. The van der Waals surface area contributed by atoms with Crippen LogP contribution in [0, 0.1) is 6.92 Å². The Morgan fingerprint density at radius 2 is 2.11 bits per heavy atom. The summed E-state index contributed by atoms with van der Waals surface area (Å²) in [4.78, 5) is 4.28. The lowest BCUT2D eigenvalue weighted by Gasteiger charge is -2.23. The van der Waals surface area contributed by atoms with Gasteiger partial charge in [0.05, 0.1) is 5.69 Å². The third-order valence-corrected chi connectivity index (χ3v) is 4.89. The Labute approximate surface area is 109 Å². The molecule has 0 fully saturated rings. The molecule has 1 atom stereocenters. The summed E-state index contributed by atoms with van der Waals surface area (Å²) >= 11 is 0. The second-order valence-corrected chi connectivity index (χ2v) is 6.93. The van der Waals surface area contributed by atoms with Crippen molar-refractivity contribution in [3.8, 4) is 0 Å². The van der Waals surface area contributed by atoms with E-state index >= 15 is 0 Å². The Hall–Kier alpha value is -0.880. The van der Waals surface area contributed by atoms with Crippen molar-refractivity contribution in [2.45, 2.75) is 64.1 Å². The highest BCUT2D eigenvalue weighted by Crippen LogP contribution is 2.30. The molecular formula is C12H21N3O2S. The molecular weight excluding hydrogens is 250 g/mol. The molecule has 18 heavy (non-hydrogen) atoms. The van der Waals surface area contributed by atoms with Crippen LogP contribution in [0.2, 0.25) is 0 Å². The standard InChI is InChI=1S/C12H21N3O2S/c1-8(2)14-18(16,17)12-11-7-5-6-9(3)15(11)10(4)13-12/h8-9,14H,5-7H2,1-4H3. The van der Waals surface area contributed by atoms with Crippen LogP contribution in [-0.4, -0.2) is 24.0 Å². The molecule has 0 bridgehead atoms. The van der Waals surface area contributed by atoms with Crippen LogP contribution in [0.4, 0.5) is 0 Å². The van der Waals surface area contributed by atoms with E-state index in [2.05, 4.69) is 21.2 Å². The van der Waals surface area contributed by atoms with Gasteiger partial charge in [-0.2, -0.15) is 0 Å². The molecule has 102 valence electrons. The minimum atomic E-state index is -3.49. The van der Waals surface area contributed by atoms with Gasteiger partial charge in [0, 0.05) is 12.1 Å². The van der Waals surface area contributed by atoms with Gasteiger partial charge in [-0.05, 0) is 47.0 Å². The molecule has 0 spiro atoms. The van der Waals surface area contributed by atoms with Gasteiger partial charge in [0.1, 0.15) is 5.82 Å². The molecule has 0 saturated heterocycles. The topological polar surface area (TPSA) is 64.0 Å². The Bertz CT molecular complexity index is 546. The lowest BCUT2D eigenvalue weighted by atomic mass is 10.0. The van der Waals surface area contributed by atoms with E-state index < -0.39 is 10.0 Å². The van der Waals surface area contributed by atoms with Gasteiger partial charge < -0.3 is 4.57 Å². The van der Waals surface area contributed by atoms with Crippen LogP contribution in [0.3, 0.4) is 0 Å². The molecule has 0 aromatic carbocycles. The molecule has 1 N–H and O–H groups in total. The van der Waals surface area contributed by atoms with E-state index in [-0.39, 0.29) is 11.1 Å². The number of rotatable bonds is 3. The maximum atomic E-state index is 12.2. The van der Waals surface area contributed by atoms with E-state index in [0.29, 0.717) is 6.04 Å². The molecule has 1 unspecified atom stereocenters. The predicted molar refractivity (Wildman–Crippen MR) is 70.1 cm³/mol. The third-order valence-electron chi connectivity index (χ3n) is 3.27. The maximum absolute atomic E-state index is 12.2. The van der Waals surface area contributed by atoms with Crippen LogP contribution in [0.1, 0.15) is 51.2 Å². The zero-order valence-corrected chi connectivity index (χ0v) is 12.2. The highest BCUT2D eigenvalue weighted by Gasteiger charge is 2.29. The molecule has 2 rings (SSSR count). The normalized spacial score (nSPS) is 20.2. The van der Waals surface area contributed by atoms with Crippen molar-refractivity contribution < 1.29 is 8.42 Å². The van der Waals surface area contributed by atoms with Crippen LogP contribution in [0.5, 0.6) is 0 Å². The fourth-order valence-corrected chi connectivity index (χ4v) is 4.15. The first-order valence-electron chi connectivity index (χ1n) is 6.43. The first kappa shape index (κ1) is 13.5. The lowest BCUT2D eigenvalue weighted by Crippen LogP contribution is -2.31. The number of hydrogen-bond donors (Lipinski definition) is 1. The van der Waals surface area contributed by atoms with E-state index in [4.69, 9.17) is 0 Å². The number of hydrogen-bond acceptors (Lipinski definition) is 3. The summed E-state index contributed by atoms with van der Waals surface area (Å²) in [5, 5.41) is 0.222. The summed E-state index contributed by atoms with van der Waals surface area (Å²) in [6, 6.07) is 0.220. The molecule has 0 saturated carbocycles. The number of aromatic nitrogens is 2. The summed E-state index contributed by atoms with van der Waals surface area (Å²) < 4.78 is 29.2. The van der Waals surface area contributed by atoms with Crippen LogP contribution in [0.15, 0.2) is 5.03 Å². The van der Waals surface area contributed by atoms with E-state index in [1.165, 1.54) is 0 Å². The minimum absolute atomic E-state index is 0.117. The Balaban J connectivity index is 2.51. The van der Waals surface area contributed by atoms with Crippen LogP contribution in [0.25, 0.3) is 0 Å². The van der Waals surface area contributed by atoms with Gasteiger partial charge in [-0.1, -0.05) is 0 Å². The number of nitrogens with one attached hydrogen (secondary N) is 1. The Morgan fingerprint density at radius 1 is 1.44 bits per heavy atom. The third kappa shape index (κ3) is 2.31. The zero-order chi connectivity index (χ0) is 13.5. The molecule has 1 aromatic rings. The molecule has 1 aromatic heterocycles. The van der Waals surface area contributed by atoms with Crippen molar-refractivity contribution >= 4 is 10.0 Å². The smallest absolute Gasteiger partial charge is 0.260 e. The molecule has 0 amide bonds. The Morgan fingerprint density at radius 3 is 2.72 bits per heavy atom. The average Bonchev–Trinajstić information content (AvgIpc) is 2.56. The van der Waals surface area contributed by atoms with Gasteiger partial charge in [-0.3, -0.25) is 0 Å². The minimum Gasteiger partial charge on any atom is -0.328 e. The van der Waals surface area contributed by atoms with Crippen molar-refractivity contribution in [2.24, 2.45) is 0 Å². The predicted octanol–water partition coefficient (Wildman–Crippen LogP) is 1.78. The number of sulfonamides is 1. The van der Waals surface area contributed by atoms with Gasteiger partial charge in [0.15, 0.2) is 5.03 Å². The van der Waals surface area contributed by atoms with Crippen molar-refractivity contribution in [2.75, 3.05) is 0 Å². The SMILES string of the molecule is Cc1nc(S(=O)(=O)NC(C)C)c2n1C(C)CCC2. The number of imidazole rings is 1. The summed E-state index contributed by atoms with van der Waals surface area (Å²) in [7, 11) is -3.49. The number of nitrogens with zero attached hydrogens (tertiary/aromatic N) is 2. The molecule has 1 aliphatic heterocycles. The monoisotopic (exact) mass is 271 g/mol. The second kappa shape index (κ2) is 4.66. The first-order chi connectivity index (χ1) is 8.33. The largest absolute Gasteiger partial charge is 0.328 e. The van der Waals surface area contributed by atoms with Gasteiger partial charge in [0.25, 0.3) is 10.0 Å². The average molecular weight is 271 g/mol. The molecule has 1 aliphatic rings. The highest BCUT2D eigenvalue weighted by atomic mass is 32.2. The molecule has 0 radical (unpaired) electrons. The first-order valence-corrected chi connectivity index (χ1v) is 7.91. The maximum Gasteiger partial charge on any atom is 0.260 e. The zero-order valence-electron chi connectivity index (χ0n) is 11.4. The molecule has 5 nitrogen and oxygen atoms in total. The summed E-state index contributed by atoms with van der Waals surface area (Å²) in [5.74, 6) is 0.793. The summed E-state index contributed by atoms with van der Waals surface area (Å²) in [6.07, 6.45) is 2.90. The second-order valence-electron chi connectivity index (χ2n) is 5.30. The Kier molecular flexibility index (Phi) is 3.51. The van der Waals surface area contributed by atoms with Crippen molar-refractivity contribution in [1.82, 2.24) is 14.3 Å². The highest BCUT2D eigenvalue weighted by molar-refractivity contribution is 7.89. The van der Waals surface area contributed by atoms with Crippen LogP contribution < -0.4 is 4.72 Å². The lowest BCUT2D eigenvalue weighted by molar-refractivity contribution is 0.420. The summed E-state index contributed by atoms with van der Waals surface area (Å²) in [5.41, 5.74) is 0.861. The van der Waals surface area contributed by atoms with Crippen molar-refractivity contribution in [3.05, 3.63) is 11.5 Å². The number of fused-ring (bicyclic) bond motifs is 1. The van der Waals surface area contributed by atoms with E-state index in [9.17, 15) is 8.42 Å². The quantitative estimate of drug-likeness (QED) is 0.911. The van der Waals surface area contributed by atoms with Gasteiger partial charge >= 0.3 is 0 Å². The van der Waals surface area contributed by atoms with E-state index in [1.54, 1.807) is 0 Å². The van der Waals surface area contributed by atoms with Crippen molar-refractivity contribution in [1.29, 1.82) is 0 Å². The van der Waals surface area contributed by atoms with E-state index in [0.717, 1.165) is 30.8 Å². The van der Waals surface area contributed by atoms with E-state index in [1.807, 2.05) is 20.8 Å². The summed E-state index contributed by atoms with van der Waals surface area (Å²) in [6.45, 7) is 7.62.